The second kappa shape index (κ2) is 4.33. The van der Waals surface area contributed by atoms with E-state index in [2.05, 4.69) is 19.9 Å². The van der Waals surface area contributed by atoms with Gasteiger partial charge in [-0.1, -0.05) is 6.07 Å². The van der Waals surface area contributed by atoms with Gasteiger partial charge in [-0.2, -0.15) is 0 Å². The number of ether oxygens (including phenoxy) is 1. The van der Waals surface area contributed by atoms with Crippen molar-refractivity contribution in [3.63, 3.8) is 0 Å². The number of nitro groups is 1. The van der Waals surface area contributed by atoms with Crippen molar-refractivity contribution < 1.29 is 14.3 Å². The summed E-state index contributed by atoms with van der Waals surface area (Å²) in [4.78, 5) is 14.3. The number of nitrogens with zero attached hydrogens (tertiary/aromatic N) is 4. The molecule has 0 saturated carbocycles. The summed E-state index contributed by atoms with van der Waals surface area (Å²) in [6, 6.07) is 7.87. The van der Waals surface area contributed by atoms with Gasteiger partial charge in [0, 0.05) is 18.3 Å². The van der Waals surface area contributed by atoms with E-state index in [1.807, 2.05) is 0 Å². The summed E-state index contributed by atoms with van der Waals surface area (Å²) in [5.41, 5.74) is 0.0305. The molecule has 0 saturated heterocycles. The van der Waals surface area contributed by atoms with Crippen molar-refractivity contribution in [2.24, 2.45) is 0 Å². The molecule has 0 fully saturated rings. The molecule has 8 nitrogen and oxygen atoms in total. The Morgan fingerprint density at radius 1 is 1.16 bits per heavy atom. The molecular formula is C11H6N4O4. The van der Waals surface area contributed by atoms with Gasteiger partial charge >= 0.3 is 5.69 Å². The van der Waals surface area contributed by atoms with Crippen LogP contribution >= 0.6 is 0 Å². The van der Waals surface area contributed by atoms with E-state index in [1.54, 1.807) is 24.4 Å². The predicted octanol–water partition coefficient (Wildman–Crippen LogP) is 2.32. The second-order valence-electron chi connectivity index (χ2n) is 3.57. The maximum absolute atomic E-state index is 10.8. The molecule has 0 aliphatic carbocycles. The molecule has 0 aliphatic heterocycles. The van der Waals surface area contributed by atoms with Crippen molar-refractivity contribution in [3.8, 4) is 11.6 Å². The van der Waals surface area contributed by atoms with Crippen LogP contribution in [0, 0.1) is 10.1 Å². The molecule has 0 atom stereocenters. The average Bonchev–Trinajstić information content (AvgIpc) is 2.89. The molecule has 2 heterocycles. The van der Waals surface area contributed by atoms with Crippen LogP contribution < -0.4 is 4.74 Å². The SMILES string of the molecule is O=[N+]([O-])c1ccc(Oc2ccccn2)c2nonc12. The van der Waals surface area contributed by atoms with Crippen molar-refractivity contribution >= 4 is 16.7 Å². The van der Waals surface area contributed by atoms with E-state index in [4.69, 9.17) is 4.74 Å². The number of non-ortho nitro benzene ring substituents is 1. The van der Waals surface area contributed by atoms with E-state index in [1.165, 1.54) is 12.1 Å². The third-order valence-corrected chi connectivity index (χ3v) is 2.41. The summed E-state index contributed by atoms with van der Waals surface area (Å²) in [5.74, 6) is 0.640. The highest BCUT2D eigenvalue weighted by atomic mass is 16.6. The summed E-state index contributed by atoms with van der Waals surface area (Å²) in [7, 11) is 0. The number of nitro benzene ring substituents is 1. The van der Waals surface area contributed by atoms with Gasteiger partial charge in [0.1, 0.15) is 0 Å². The van der Waals surface area contributed by atoms with E-state index in [0.29, 0.717) is 11.6 Å². The first kappa shape index (κ1) is 11.1. The Kier molecular flexibility index (Phi) is 2.53. The Balaban J connectivity index is 2.08. The molecule has 0 bridgehead atoms. The average molecular weight is 258 g/mol. The molecule has 94 valence electrons. The lowest BCUT2D eigenvalue weighted by Gasteiger charge is -2.03. The van der Waals surface area contributed by atoms with Crippen LogP contribution in [-0.2, 0) is 0 Å². The molecule has 0 radical (unpaired) electrons. The van der Waals surface area contributed by atoms with E-state index in [0.717, 1.165) is 0 Å². The number of pyridine rings is 1. The van der Waals surface area contributed by atoms with Crippen LogP contribution in [0.4, 0.5) is 5.69 Å². The van der Waals surface area contributed by atoms with Gasteiger partial charge in [0.2, 0.25) is 11.4 Å². The Hall–Kier alpha value is -3.03. The Morgan fingerprint density at radius 2 is 2.00 bits per heavy atom. The Labute approximate surface area is 105 Å². The van der Waals surface area contributed by atoms with E-state index >= 15 is 0 Å². The fraction of sp³-hybridized carbons (Fsp3) is 0. The summed E-state index contributed by atoms with van der Waals surface area (Å²) in [5, 5.41) is 18.0. The van der Waals surface area contributed by atoms with Gasteiger partial charge in [0.05, 0.1) is 4.92 Å². The third-order valence-electron chi connectivity index (χ3n) is 2.41. The topological polar surface area (TPSA) is 104 Å². The third kappa shape index (κ3) is 1.95. The van der Waals surface area contributed by atoms with E-state index < -0.39 is 4.92 Å². The van der Waals surface area contributed by atoms with Crippen molar-refractivity contribution in [2.75, 3.05) is 0 Å². The minimum atomic E-state index is -0.558. The van der Waals surface area contributed by atoms with E-state index in [9.17, 15) is 10.1 Å². The van der Waals surface area contributed by atoms with Crippen molar-refractivity contribution in [1.29, 1.82) is 0 Å². The maximum atomic E-state index is 10.8. The zero-order valence-electron chi connectivity index (χ0n) is 9.39. The highest BCUT2D eigenvalue weighted by Gasteiger charge is 2.20. The van der Waals surface area contributed by atoms with Crippen LogP contribution in [0.2, 0.25) is 0 Å². The van der Waals surface area contributed by atoms with Crippen LogP contribution in [0.5, 0.6) is 11.6 Å². The fourth-order valence-electron chi connectivity index (χ4n) is 1.58. The minimum Gasteiger partial charge on any atom is -0.437 e. The molecule has 8 heteroatoms. The summed E-state index contributed by atoms with van der Waals surface area (Å²) in [6.45, 7) is 0. The van der Waals surface area contributed by atoms with Crippen LogP contribution in [0.3, 0.4) is 0 Å². The molecule has 19 heavy (non-hydrogen) atoms. The molecule has 3 aromatic rings. The molecule has 0 amide bonds. The van der Waals surface area contributed by atoms with Gasteiger partial charge < -0.3 is 4.74 Å². The first-order chi connectivity index (χ1) is 9.25. The quantitative estimate of drug-likeness (QED) is 0.524. The van der Waals surface area contributed by atoms with Crippen LogP contribution in [0.15, 0.2) is 41.2 Å². The van der Waals surface area contributed by atoms with Gasteiger partial charge in [0.25, 0.3) is 0 Å². The van der Waals surface area contributed by atoms with Crippen LogP contribution in [0.1, 0.15) is 0 Å². The summed E-state index contributed by atoms with van der Waals surface area (Å²) in [6.07, 6.45) is 1.57. The minimum absolute atomic E-state index is 0.0402. The van der Waals surface area contributed by atoms with Gasteiger partial charge in [-0.15, -0.1) is 0 Å². The fourth-order valence-corrected chi connectivity index (χ4v) is 1.58. The number of hydrogen-bond acceptors (Lipinski definition) is 7. The zero-order valence-corrected chi connectivity index (χ0v) is 9.39. The molecule has 0 unspecified atom stereocenters. The lowest BCUT2D eigenvalue weighted by atomic mass is 10.2. The van der Waals surface area contributed by atoms with Crippen molar-refractivity contribution in [3.05, 3.63) is 46.6 Å². The first-order valence-corrected chi connectivity index (χ1v) is 5.24. The van der Waals surface area contributed by atoms with Gasteiger partial charge in [-0.25, -0.2) is 9.61 Å². The number of aromatic nitrogens is 3. The van der Waals surface area contributed by atoms with Crippen molar-refractivity contribution in [1.82, 2.24) is 15.3 Å². The standard InChI is InChI=1S/C11H6N4O4/c16-15(17)7-4-5-8(11-10(7)13-19-14-11)18-9-3-1-2-6-12-9/h1-6H. The second-order valence-corrected chi connectivity index (χ2v) is 3.57. The summed E-state index contributed by atoms with van der Waals surface area (Å²) < 4.78 is 10.0. The van der Waals surface area contributed by atoms with Crippen molar-refractivity contribution in [2.45, 2.75) is 0 Å². The lowest BCUT2D eigenvalue weighted by Crippen LogP contribution is -1.92. The smallest absolute Gasteiger partial charge is 0.301 e. The monoisotopic (exact) mass is 258 g/mol. The number of hydrogen-bond donors (Lipinski definition) is 0. The number of fused-ring (bicyclic) bond motifs is 1. The Bertz CT molecular complexity index is 741. The molecule has 0 N–H and O–H groups in total. The zero-order chi connectivity index (χ0) is 13.2. The van der Waals surface area contributed by atoms with E-state index in [-0.39, 0.29) is 16.7 Å². The van der Waals surface area contributed by atoms with Gasteiger partial charge in [-0.05, 0) is 22.4 Å². The lowest BCUT2D eigenvalue weighted by molar-refractivity contribution is -0.383. The summed E-state index contributed by atoms with van der Waals surface area (Å²) >= 11 is 0. The first-order valence-electron chi connectivity index (χ1n) is 5.24. The number of rotatable bonds is 3. The molecule has 1 aromatic carbocycles. The largest absolute Gasteiger partial charge is 0.437 e. The molecule has 0 aliphatic rings. The molecule has 3 rings (SSSR count). The van der Waals surface area contributed by atoms with Gasteiger partial charge in [-0.3, -0.25) is 10.1 Å². The highest BCUT2D eigenvalue weighted by molar-refractivity contribution is 5.88. The maximum Gasteiger partial charge on any atom is 0.301 e. The van der Waals surface area contributed by atoms with Crippen LogP contribution in [0.25, 0.3) is 11.0 Å². The molecule has 2 aromatic heterocycles. The highest BCUT2D eigenvalue weighted by Crippen LogP contribution is 2.32. The van der Waals surface area contributed by atoms with Crippen LogP contribution in [-0.4, -0.2) is 20.2 Å². The molecule has 0 spiro atoms. The van der Waals surface area contributed by atoms with Gasteiger partial charge in [0.15, 0.2) is 11.3 Å². The Morgan fingerprint density at radius 3 is 2.74 bits per heavy atom. The normalized spacial score (nSPS) is 10.5. The molecular weight excluding hydrogens is 252 g/mol. The number of benzene rings is 1. The predicted molar refractivity (Wildman–Crippen MR) is 62.8 cm³/mol.